The van der Waals surface area contributed by atoms with Gasteiger partial charge in [-0.05, 0) is 26.8 Å². The lowest BCUT2D eigenvalue weighted by Gasteiger charge is -2.13. The first-order valence-electron chi connectivity index (χ1n) is 5.09. The lowest BCUT2D eigenvalue weighted by Crippen LogP contribution is -2.20. The lowest BCUT2D eigenvalue weighted by molar-refractivity contribution is -0.137. The van der Waals surface area contributed by atoms with E-state index in [1.807, 2.05) is 0 Å². The van der Waals surface area contributed by atoms with E-state index in [9.17, 15) is 17.4 Å². The second-order valence-corrected chi connectivity index (χ2v) is 6.49. The normalized spacial score (nSPS) is 15.0. The topological polar surface area (TPSA) is 42.3 Å². The molecule has 0 radical (unpaired) electrons. The molecule has 0 spiro atoms. The van der Waals surface area contributed by atoms with Gasteiger partial charge >= 0.3 is 6.18 Å². The summed E-state index contributed by atoms with van der Waals surface area (Å²) in [5.74, 6) is 0. The summed E-state index contributed by atoms with van der Waals surface area (Å²) in [6.45, 7) is 5.08. The van der Waals surface area contributed by atoms with E-state index >= 15 is 0 Å². The van der Waals surface area contributed by atoms with Crippen LogP contribution in [0.5, 0.6) is 0 Å². The van der Waals surface area contributed by atoms with E-state index in [-0.39, 0.29) is 5.56 Å². The molecule has 1 rings (SSSR count). The standard InChI is InChI=1S/C11H13F3N2OS/c1-10(2,3)18(17)16-6-8-4-5-15-7-9(8)11(12,13)14/h4-7H,1-3H3/b16-6-/t18-/m1/s1. The zero-order valence-electron chi connectivity index (χ0n) is 10.2. The zero-order chi connectivity index (χ0) is 14.0. The predicted molar refractivity (Wildman–Crippen MR) is 64.7 cm³/mol. The summed E-state index contributed by atoms with van der Waals surface area (Å²) in [5, 5.41) is 0. The summed E-state index contributed by atoms with van der Waals surface area (Å²) in [5.41, 5.74) is -1.03. The van der Waals surface area contributed by atoms with Gasteiger partial charge in [0.2, 0.25) is 0 Å². The summed E-state index contributed by atoms with van der Waals surface area (Å²) >= 11 is 0. The van der Waals surface area contributed by atoms with Crippen molar-refractivity contribution in [3.8, 4) is 0 Å². The van der Waals surface area contributed by atoms with E-state index in [1.54, 1.807) is 20.8 Å². The van der Waals surface area contributed by atoms with Gasteiger partial charge in [-0.1, -0.05) is 0 Å². The van der Waals surface area contributed by atoms with Crippen molar-refractivity contribution in [2.24, 2.45) is 4.40 Å². The molecule has 0 amide bonds. The van der Waals surface area contributed by atoms with Gasteiger partial charge in [-0.25, -0.2) is 4.21 Å². The highest BCUT2D eigenvalue weighted by molar-refractivity contribution is 7.85. The third-order valence-electron chi connectivity index (χ3n) is 1.97. The molecule has 1 aromatic rings. The van der Waals surface area contributed by atoms with Crippen molar-refractivity contribution in [2.75, 3.05) is 0 Å². The van der Waals surface area contributed by atoms with Crippen LogP contribution in [0.4, 0.5) is 13.2 Å². The summed E-state index contributed by atoms with van der Waals surface area (Å²) < 4.78 is 52.6. The van der Waals surface area contributed by atoms with E-state index in [0.717, 1.165) is 12.4 Å². The average molecular weight is 278 g/mol. The third kappa shape index (κ3) is 3.90. The van der Waals surface area contributed by atoms with Crippen molar-refractivity contribution in [1.29, 1.82) is 0 Å². The molecule has 0 fully saturated rings. The van der Waals surface area contributed by atoms with Gasteiger partial charge in [0.25, 0.3) is 0 Å². The van der Waals surface area contributed by atoms with Gasteiger partial charge in [0.15, 0.2) is 0 Å². The molecule has 1 heterocycles. The molecule has 0 aliphatic carbocycles. The Balaban J connectivity index is 3.06. The van der Waals surface area contributed by atoms with Crippen LogP contribution in [0.3, 0.4) is 0 Å². The molecular weight excluding hydrogens is 265 g/mol. The van der Waals surface area contributed by atoms with Crippen LogP contribution in [-0.4, -0.2) is 20.2 Å². The number of nitrogens with zero attached hydrogens (tertiary/aromatic N) is 2. The van der Waals surface area contributed by atoms with Crippen LogP contribution in [0.15, 0.2) is 22.9 Å². The highest BCUT2D eigenvalue weighted by atomic mass is 32.2. The molecule has 0 saturated heterocycles. The highest BCUT2D eigenvalue weighted by Gasteiger charge is 2.33. The van der Waals surface area contributed by atoms with Crippen molar-refractivity contribution in [1.82, 2.24) is 4.98 Å². The fraction of sp³-hybridized carbons (Fsp3) is 0.455. The summed E-state index contributed by atoms with van der Waals surface area (Å²) in [4.78, 5) is 3.43. The van der Waals surface area contributed by atoms with Gasteiger partial charge in [-0.2, -0.15) is 17.6 Å². The average Bonchev–Trinajstić information content (AvgIpc) is 2.23. The first kappa shape index (κ1) is 14.8. The van der Waals surface area contributed by atoms with Gasteiger partial charge in [0.1, 0.15) is 11.0 Å². The number of rotatable bonds is 2. The first-order valence-corrected chi connectivity index (χ1v) is 6.20. The highest BCUT2D eigenvalue weighted by Crippen LogP contribution is 2.30. The van der Waals surface area contributed by atoms with Crippen LogP contribution in [0, 0.1) is 0 Å². The molecule has 3 nitrogen and oxygen atoms in total. The Morgan fingerprint density at radius 2 is 1.94 bits per heavy atom. The van der Waals surface area contributed by atoms with E-state index in [0.29, 0.717) is 0 Å². The molecule has 0 saturated carbocycles. The van der Waals surface area contributed by atoms with Crippen molar-refractivity contribution < 1.29 is 17.4 Å². The molecule has 1 aromatic heterocycles. The lowest BCUT2D eigenvalue weighted by atomic mass is 10.1. The quantitative estimate of drug-likeness (QED) is 0.780. The second-order valence-electron chi connectivity index (χ2n) is 4.56. The van der Waals surface area contributed by atoms with Crippen molar-refractivity contribution in [3.05, 3.63) is 29.6 Å². The molecule has 100 valence electrons. The molecule has 0 unspecified atom stereocenters. The van der Waals surface area contributed by atoms with Crippen LogP contribution in [0.25, 0.3) is 0 Å². The van der Waals surface area contributed by atoms with E-state index in [1.165, 1.54) is 12.3 Å². The maximum Gasteiger partial charge on any atom is 0.418 e. The van der Waals surface area contributed by atoms with Crippen LogP contribution in [0.1, 0.15) is 31.9 Å². The minimum atomic E-state index is -4.50. The van der Waals surface area contributed by atoms with E-state index < -0.39 is 27.5 Å². The third-order valence-corrected chi connectivity index (χ3v) is 3.32. The number of hydrogen-bond donors (Lipinski definition) is 0. The number of hydrogen-bond acceptors (Lipinski definition) is 2. The Morgan fingerprint density at radius 3 is 2.44 bits per heavy atom. The number of aromatic nitrogens is 1. The van der Waals surface area contributed by atoms with Gasteiger partial charge in [-0.15, -0.1) is 0 Å². The largest absolute Gasteiger partial charge is 0.418 e. The number of pyridine rings is 1. The molecular formula is C11H13F3N2OS. The Labute approximate surface area is 106 Å². The number of halogens is 3. The molecule has 0 aliphatic rings. The van der Waals surface area contributed by atoms with Crippen molar-refractivity contribution in [3.63, 3.8) is 0 Å². The van der Waals surface area contributed by atoms with Crippen LogP contribution in [-0.2, 0) is 17.2 Å². The SMILES string of the molecule is CC(C)(C)[S@@](=O)/N=C\c1ccncc1C(F)(F)F. The summed E-state index contributed by atoms with van der Waals surface area (Å²) in [7, 11) is -1.59. The fourth-order valence-electron chi connectivity index (χ4n) is 1.02. The smallest absolute Gasteiger partial charge is 0.264 e. The summed E-state index contributed by atoms with van der Waals surface area (Å²) in [6.07, 6.45) is -1.57. The predicted octanol–water partition coefficient (Wildman–Crippen LogP) is 2.98. The second kappa shape index (κ2) is 5.17. The fourth-order valence-corrected chi connectivity index (χ4v) is 1.54. The minimum absolute atomic E-state index is 0.143. The van der Waals surface area contributed by atoms with E-state index in [4.69, 9.17) is 0 Å². The Kier molecular flexibility index (Phi) is 4.26. The minimum Gasteiger partial charge on any atom is -0.264 e. The molecule has 18 heavy (non-hydrogen) atoms. The van der Waals surface area contributed by atoms with Crippen LogP contribution >= 0.6 is 0 Å². The molecule has 0 aromatic carbocycles. The maximum atomic E-state index is 12.6. The molecule has 0 N–H and O–H groups in total. The van der Waals surface area contributed by atoms with Gasteiger partial charge < -0.3 is 0 Å². The first-order chi connectivity index (χ1) is 8.12. The van der Waals surface area contributed by atoms with Gasteiger partial charge in [0, 0.05) is 24.2 Å². The summed E-state index contributed by atoms with van der Waals surface area (Å²) in [6, 6.07) is 1.19. The van der Waals surface area contributed by atoms with Crippen LogP contribution in [0.2, 0.25) is 0 Å². The molecule has 0 bridgehead atoms. The van der Waals surface area contributed by atoms with Crippen molar-refractivity contribution >= 4 is 17.2 Å². The Bertz CT molecular complexity index is 478. The molecule has 7 heteroatoms. The van der Waals surface area contributed by atoms with Crippen LogP contribution < -0.4 is 0 Å². The van der Waals surface area contributed by atoms with E-state index in [2.05, 4.69) is 9.38 Å². The zero-order valence-corrected chi connectivity index (χ0v) is 11.0. The number of alkyl halides is 3. The van der Waals surface area contributed by atoms with Gasteiger partial charge in [-0.3, -0.25) is 4.98 Å². The molecule has 1 atom stereocenters. The monoisotopic (exact) mass is 278 g/mol. The Hall–Kier alpha value is -1.24. The van der Waals surface area contributed by atoms with Gasteiger partial charge in [0.05, 0.1) is 10.3 Å². The van der Waals surface area contributed by atoms with Crippen molar-refractivity contribution in [2.45, 2.75) is 31.7 Å². The molecule has 0 aliphatic heterocycles. The Morgan fingerprint density at radius 1 is 1.33 bits per heavy atom. The maximum absolute atomic E-state index is 12.6.